The van der Waals surface area contributed by atoms with Crippen molar-refractivity contribution in [3.63, 3.8) is 0 Å². The van der Waals surface area contributed by atoms with Gasteiger partial charge < -0.3 is 15.3 Å². The third-order valence-electron chi connectivity index (χ3n) is 4.36. The summed E-state index contributed by atoms with van der Waals surface area (Å²) >= 11 is 0. The number of benzene rings is 2. The molecule has 0 saturated carbocycles. The topological polar surface area (TPSA) is 75.3 Å². The summed E-state index contributed by atoms with van der Waals surface area (Å²) in [4.78, 5) is 17.0. The highest BCUT2D eigenvalue weighted by Crippen LogP contribution is 2.28. The Kier molecular flexibility index (Phi) is 5.45. The van der Waals surface area contributed by atoms with Crippen LogP contribution >= 0.6 is 0 Å². The maximum absolute atomic E-state index is 13.5. The van der Waals surface area contributed by atoms with Crippen LogP contribution in [0.25, 0.3) is 11.4 Å². The first-order valence-electron chi connectivity index (χ1n) is 8.75. The molecular weight excluding hydrogens is 380 g/mol. The second-order valence-electron chi connectivity index (χ2n) is 6.58. The molecule has 0 aliphatic carbocycles. The van der Waals surface area contributed by atoms with Crippen LogP contribution in [-0.4, -0.2) is 23.2 Å². The van der Waals surface area contributed by atoms with Gasteiger partial charge in [-0.2, -0.15) is 0 Å². The van der Waals surface area contributed by atoms with Crippen LogP contribution in [-0.2, 0) is 5.92 Å². The summed E-state index contributed by atoms with van der Waals surface area (Å²) in [6.07, 6.45) is 1.46. The Morgan fingerprint density at radius 3 is 2.52 bits per heavy atom. The van der Waals surface area contributed by atoms with Crippen molar-refractivity contribution < 1.29 is 28.2 Å². The number of carbonyl (C=O) groups is 1. The summed E-state index contributed by atoms with van der Waals surface area (Å²) in [6, 6.07) is 12.2. The number of nitrogens with one attached hydrogen (secondary N) is 1. The maximum atomic E-state index is 13.5. The van der Waals surface area contributed by atoms with Gasteiger partial charge >= 0.3 is 5.82 Å². The van der Waals surface area contributed by atoms with Crippen molar-refractivity contribution in [1.82, 2.24) is 4.98 Å². The van der Waals surface area contributed by atoms with Crippen molar-refractivity contribution in [2.24, 2.45) is 0 Å². The lowest BCUT2D eigenvalue weighted by Crippen LogP contribution is -2.43. The molecule has 3 rings (SSSR count). The van der Waals surface area contributed by atoms with Gasteiger partial charge in [0.2, 0.25) is 5.69 Å². The highest BCUT2D eigenvalue weighted by Gasteiger charge is 2.28. The van der Waals surface area contributed by atoms with Crippen LogP contribution in [0.4, 0.5) is 14.5 Å². The third kappa shape index (κ3) is 4.31. The predicted octanol–water partition coefficient (Wildman–Crippen LogP) is 3.95. The maximum Gasteiger partial charge on any atom is 0.369 e. The summed E-state index contributed by atoms with van der Waals surface area (Å²) in [6.45, 7) is 2.40. The fourth-order valence-corrected chi connectivity index (χ4v) is 2.82. The lowest BCUT2D eigenvalue weighted by Gasteiger charge is -2.12. The average molecular weight is 400 g/mol. The number of hydrogen-bond acceptors (Lipinski definition) is 4. The largest absolute Gasteiger partial charge is 0.497 e. The van der Waals surface area contributed by atoms with Crippen LogP contribution in [0.1, 0.15) is 28.5 Å². The van der Waals surface area contributed by atoms with Crippen LogP contribution in [0.2, 0.25) is 0 Å². The van der Waals surface area contributed by atoms with E-state index < -0.39 is 11.8 Å². The van der Waals surface area contributed by atoms with Crippen LogP contribution in [0.5, 0.6) is 5.75 Å². The number of ether oxygens (including phenoxy) is 1. The molecule has 1 amide bonds. The van der Waals surface area contributed by atoms with E-state index in [2.05, 4.69) is 10.3 Å². The van der Waals surface area contributed by atoms with E-state index in [1.54, 1.807) is 31.2 Å². The first-order valence-corrected chi connectivity index (χ1v) is 8.75. The minimum Gasteiger partial charge on any atom is -0.497 e. The lowest BCUT2D eigenvalue weighted by molar-refractivity contribution is -0.899. The number of halogens is 2. The molecular formula is C21H20F2N3O3+. The van der Waals surface area contributed by atoms with E-state index in [1.165, 1.54) is 37.6 Å². The van der Waals surface area contributed by atoms with Gasteiger partial charge in [0, 0.05) is 23.7 Å². The highest BCUT2D eigenvalue weighted by molar-refractivity contribution is 6.02. The molecule has 0 fully saturated rings. The predicted molar refractivity (Wildman–Crippen MR) is 102 cm³/mol. The van der Waals surface area contributed by atoms with Crippen LogP contribution in [0.3, 0.4) is 0 Å². The second-order valence-corrected chi connectivity index (χ2v) is 6.58. The van der Waals surface area contributed by atoms with Crippen molar-refractivity contribution in [3.05, 3.63) is 71.5 Å². The zero-order chi connectivity index (χ0) is 21.2. The van der Waals surface area contributed by atoms with Crippen LogP contribution in [0.15, 0.2) is 54.7 Å². The Hall–Kier alpha value is -3.55. The van der Waals surface area contributed by atoms with Gasteiger partial charge in [0.15, 0.2) is 0 Å². The smallest absolute Gasteiger partial charge is 0.369 e. The number of aryl methyl sites for hydroxylation is 1. The molecule has 1 heterocycles. The number of aromatic nitrogens is 2. The molecule has 29 heavy (non-hydrogen) atoms. The first-order chi connectivity index (χ1) is 13.7. The molecule has 0 aliphatic heterocycles. The Bertz CT molecular complexity index is 1050. The van der Waals surface area contributed by atoms with Crippen molar-refractivity contribution in [3.8, 4) is 17.1 Å². The van der Waals surface area contributed by atoms with Crippen molar-refractivity contribution in [1.29, 1.82) is 0 Å². The number of amides is 1. The minimum atomic E-state index is -3.04. The molecule has 0 bridgehead atoms. The Labute approximate surface area is 166 Å². The molecule has 3 aromatic rings. The van der Waals surface area contributed by atoms with Gasteiger partial charge in [0.05, 0.1) is 12.7 Å². The summed E-state index contributed by atoms with van der Waals surface area (Å²) < 4.78 is 32.9. The van der Waals surface area contributed by atoms with E-state index in [1.807, 2.05) is 0 Å². The number of methoxy groups -OCH3 is 1. The normalized spacial score (nSPS) is 11.2. The van der Waals surface area contributed by atoms with Gasteiger partial charge in [-0.3, -0.25) is 4.79 Å². The number of anilines is 1. The number of alkyl halides is 2. The van der Waals surface area contributed by atoms with Crippen LogP contribution in [0, 0.1) is 6.92 Å². The number of rotatable bonds is 5. The van der Waals surface area contributed by atoms with Gasteiger partial charge in [-0.15, -0.1) is 0 Å². The van der Waals surface area contributed by atoms with E-state index in [-0.39, 0.29) is 22.8 Å². The molecule has 6 nitrogen and oxygen atoms in total. The molecule has 0 radical (unpaired) electrons. The Morgan fingerprint density at radius 1 is 1.21 bits per heavy atom. The van der Waals surface area contributed by atoms with E-state index >= 15 is 0 Å². The standard InChI is InChI=1S/C21H19F2N3O3/c1-13-12-24-19(14-7-9-17(29-3)10-8-14)26(28)18(13)20(27)25-16-6-4-5-15(11-16)21(2,22)23/h4-12H,1-3H3,(H-,25,27,28)/p+1. The third-order valence-corrected chi connectivity index (χ3v) is 4.36. The quantitative estimate of drug-likeness (QED) is 0.502. The fourth-order valence-electron chi connectivity index (χ4n) is 2.82. The molecule has 0 saturated heterocycles. The van der Waals surface area contributed by atoms with E-state index in [4.69, 9.17) is 4.74 Å². The number of carbonyl (C=O) groups excluding carboxylic acids is 1. The molecule has 0 atom stereocenters. The Balaban J connectivity index is 1.95. The molecule has 2 N–H and O–H groups in total. The molecule has 1 aromatic heterocycles. The zero-order valence-corrected chi connectivity index (χ0v) is 16.1. The summed E-state index contributed by atoms with van der Waals surface area (Å²) in [5.41, 5.74) is 0.891. The average Bonchev–Trinajstić information content (AvgIpc) is 2.68. The van der Waals surface area contributed by atoms with Gasteiger partial charge in [-0.05, 0) is 53.0 Å². The summed E-state index contributed by atoms with van der Waals surface area (Å²) in [5, 5.41) is 13.2. The monoisotopic (exact) mass is 400 g/mol. The minimum absolute atomic E-state index is 0.0560. The molecule has 2 aromatic carbocycles. The van der Waals surface area contributed by atoms with Gasteiger partial charge in [-0.1, -0.05) is 12.1 Å². The number of hydrogen-bond donors (Lipinski definition) is 2. The zero-order valence-electron chi connectivity index (χ0n) is 16.1. The summed E-state index contributed by atoms with van der Waals surface area (Å²) in [7, 11) is 1.54. The van der Waals surface area contributed by atoms with Gasteiger partial charge in [-0.25, -0.2) is 8.78 Å². The van der Waals surface area contributed by atoms with E-state index in [9.17, 15) is 18.8 Å². The van der Waals surface area contributed by atoms with E-state index in [0.29, 0.717) is 21.6 Å². The number of nitrogens with zero attached hydrogens (tertiary/aromatic N) is 2. The van der Waals surface area contributed by atoms with E-state index in [0.717, 1.165) is 6.92 Å². The second kappa shape index (κ2) is 7.83. The lowest BCUT2D eigenvalue weighted by atomic mass is 10.1. The summed E-state index contributed by atoms with van der Waals surface area (Å²) in [5.74, 6) is -2.90. The van der Waals surface area contributed by atoms with Crippen molar-refractivity contribution >= 4 is 11.6 Å². The molecule has 0 aliphatic rings. The highest BCUT2D eigenvalue weighted by atomic mass is 19.3. The Morgan fingerprint density at radius 2 is 1.90 bits per heavy atom. The first kappa shape index (κ1) is 20.2. The van der Waals surface area contributed by atoms with Gasteiger partial charge in [0.25, 0.3) is 11.8 Å². The molecule has 150 valence electrons. The molecule has 8 heteroatoms. The SMILES string of the molecule is COc1ccc(-c2ncc(C)c(C(=O)Nc3cccc(C(C)(F)F)c3)[n+]2O)cc1. The molecule has 0 unspecified atom stereocenters. The fraction of sp³-hybridized carbons (Fsp3) is 0.190. The van der Waals surface area contributed by atoms with Gasteiger partial charge in [0.1, 0.15) is 11.9 Å². The van der Waals surface area contributed by atoms with Crippen LogP contribution < -0.4 is 14.8 Å². The molecule has 0 spiro atoms. The van der Waals surface area contributed by atoms with Crippen molar-refractivity contribution in [2.75, 3.05) is 12.4 Å². The van der Waals surface area contributed by atoms with Crippen molar-refractivity contribution in [2.45, 2.75) is 19.8 Å².